The van der Waals surface area contributed by atoms with Crippen molar-refractivity contribution in [3.05, 3.63) is 141 Å². The largest absolute Gasteiger partial charge is 0.453 e. The Kier molecular flexibility index (Phi) is 7.97. The fourth-order valence-corrected chi connectivity index (χ4v) is 4.39. The molecule has 7 heteroatoms. The van der Waals surface area contributed by atoms with Gasteiger partial charge in [-0.1, -0.05) is 60.2 Å². The Labute approximate surface area is 239 Å². The van der Waals surface area contributed by atoms with Gasteiger partial charge in [-0.3, -0.25) is 9.59 Å². The molecule has 1 aromatic heterocycles. The van der Waals surface area contributed by atoms with Crippen LogP contribution in [0.2, 0.25) is 0 Å². The van der Waals surface area contributed by atoms with Crippen molar-refractivity contribution in [1.29, 1.82) is 0 Å². The second-order valence-corrected chi connectivity index (χ2v) is 10.1. The number of carbonyl (C=O) groups excluding carboxylic acids is 1. The van der Waals surface area contributed by atoms with Gasteiger partial charge in [-0.25, -0.2) is 0 Å². The number of ether oxygens (including phenoxy) is 1. The highest BCUT2D eigenvalue weighted by molar-refractivity contribution is 5.95. The van der Waals surface area contributed by atoms with E-state index in [4.69, 9.17) is 4.74 Å². The van der Waals surface area contributed by atoms with Crippen molar-refractivity contribution in [3.63, 3.8) is 0 Å². The molecule has 0 aliphatic rings. The van der Waals surface area contributed by atoms with E-state index in [9.17, 15) is 9.59 Å². The molecule has 0 saturated heterocycles. The quantitative estimate of drug-likeness (QED) is 0.216. The predicted molar refractivity (Wildman–Crippen MR) is 163 cm³/mol. The number of nitrogens with one attached hydrogen (secondary N) is 2. The van der Waals surface area contributed by atoms with Crippen LogP contribution in [0, 0.1) is 20.8 Å². The molecule has 0 bridgehead atoms. The van der Waals surface area contributed by atoms with E-state index in [1.165, 1.54) is 10.9 Å². The van der Waals surface area contributed by atoms with Gasteiger partial charge in [0.2, 0.25) is 0 Å². The molecule has 0 aliphatic heterocycles. The number of aryl methyl sites for hydroxylation is 3. The van der Waals surface area contributed by atoms with Crippen molar-refractivity contribution in [2.24, 2.45) is 0 Å². The number of carbonyl (C=O) groups is 1. The van der Waals surface area contributed by atoms with Crippen molar-refractivity contribution >= 4 is 17.3 Å². The van der Waals surface area contributed by atoms with Gasteiger partial charge in [0.1, 0.15) is 5.75 Å². The zero-order chi connectivity index (χ0) is 28.9. The molecule has 0 spiro atoms. The van der Waals surface area contributed by atoms with Crippen LogP contribution in [0.3, 0.4) is 0 Å². The Morgan fingerprint density at radius 2 is 1.61 bits per heavy atom. The van der Waals surface area contributed by atoms with E-state index in [1.807, 2.05) is 100 Å². The van der Waals surface area contributed by atoms with Crippen LogP contribution < -0.4 is 20.9 Å². The summed E-state index contributed by atoms with van der Waals surface area (Å²) in [6.07, 6.45) is 1.52. The number of amides is 1. The molecule has 1 atom stereocenters. The number of nitrogens with zero attached hydrogens (tertiary/aromatic N) is 2. The van der Waals surface area contributed by atoms with Gasteiger partial charge in [-0.2, -0.15) is 9.78 Å². The van der Waals surface area contributed by atoms with E-state index in [1.54, 1.807) is 24.3 Å². The number of hydrogen-bond donors (Lipinski definition) is 2. The number of rotatable bonds is 8. The normalized spacial score (nSPS) is 11.5. The molecular formula is C34H32N4O3. The van der Waals surface area contributed by atoms with Gasteiger partial charge >= 0.3 is 0 Å². The van der Waals surface area contributed by atoms with Crippen LogP contribution in [0.5, 0.6) is 11.5 Å². The first-order valence-corrected chi connectivity index (χ1v) is 13.5. The highest BCUT2D eigenvalue weighted by Crippen LogP contribution is 2.30. The van der Waals surface area contributed by atoms with Gasteiger partial charge in [0.05, 0.1) is 17.9 Å². The van der Waals surface area contributed by atoms with Crippen molar-refractivity contribution < 1.29 is 9.53 Å². The van der Waals surface area contributed by atoms with Gasteiger partial charge in [-0.15, -0.1) is 0 Å². The average Bonchev–Trinajstić information content (AvgIpc) is 2.98. The maximum absolute atomic E-state index is 13.8. The first-order chi connectivity index (χ1) is 19.8. The molecule has 5 rings (SSSR count). The first-order valence-electron chi connectivity index (χ1n) is 13.5. The van der Waals surface area contributed by atoms with Crippen LogP contribution in [0.25, 0.3) is 5.69 Å². The van der Waals surface area contributed by atoms with E-state index in [0.717, 1.165) is 22.3 Å². The van der Waals surface area contributed by atoms with E-state index >= 15 is 0 Å². The summed E-state index contributed by atoms with van der Waals surface area (Å²) in [4.78, 5) is 26.9. The number of aromatic nitrogens is 2. The van der Waals surface area contributed by atoms with Crippen molar-refractivity contribution in [2.75, 3.05) is 5.32 Å². The van der Waals surface area contributed by atoms with Crippen LogP contribution in [0.4, 0.5) is 11.4 Å². The summed E-state index contributed by atoms with van der Waals surface area (Å²) in [6, 6.07) is 29.9. The van der Waals surface area contributed by atoms with Crippen LogP contribution in [0.1, 0.15) is 45.6 Å². The lowest BCUT2D eigenvalue weighted by Gasteiger charge is -2.16. The standard InChI is InChI=1S/C34H32N4O3/c1-22-13-16-29(17-14-22)38-34(40)32(31(21-35-38)41-30-18-15-23(2)24(3)19-30)37-28-12-8-11-27(20-28)33(39)36-25(4)26-9-6-5-7-10-26/h5-21,25,37H,1-4H3,(H,36,39)/t25-/m1/s1. The van der Waals surface area contributed by atoms with Crippen LogP contribution in [0.15, 0.2) is 108 Å². The highest BCUT2D eigenvalue weighted by atomic mass is 16.5. The zero-order valence-electron chi connectivity index (χ0n) is 23.5. The summed E-state index contributed by atoms with van der Waals surface area (Å²) < 4.78 is 7.50. The molecule has 0 radical (unpaired) electrons. The van der Waals surface area contributed by atoms with Gasteiger partial charge < -0.3 is 15.4 Å². The topological polar surface area (TPSA) is 85.2 Å². The number of hydrogen-bond acceptors (Lipinski definition) is 5. The van der Waals surface area contributed by atoms with E-state index in [-0.39, 0.29) is 28.9 Å². The molecule has 0 aliphatic carbocycles. The Hall–Kier alpha value is -5.17. The van der Waals surface area contributed by atoms with Crippen LogP contribution >= 0.6 is 0 Å². The third-order valence-electron chi connectivity index (χ3n) is 6.97. The van der Waals surface area contributed by atoms with Crippen molar-refractivity contribution in [3.8, 4) is 17.2 Å². The summed E-state index contributed by atoms with van der Waals surface area (Å²) in [6.45, 7) is 7.96. The van der Waals surface area contributed by atoms with Gasteiger partial charge in [0.25, 0.3) is 11.5 Å². The SMILES string of the molecule is Cc1ccc(-n2ncc(Oc3ccc(C)c(C)c3)c(Nc3cccc(C(=O)N[C@H](C)c4ccccc4)c3)c2=O)cc1. The second-order valence-electron chi connectivity index (χ2n) is 10.1. The minimum atomic E-state index is -0.386. The smallest absolute Gasteiger partial charge is 0.299 e. The molecule has 1 amide bonds. The van der Waals surface area contributed by atoms with Gasteiger partial charge in [0, 0.05) is 11.3 Å². The number of anilines is 2. The third-order valence-corrected chi connectivity index (χ3v) is 6.97. The maximum atomic E-state index is 13.8. The maximum Gasteiger partial charge on any atom is 0.299 e. The lowest BCUT2D eigenvalue weighted by atomic mass is 10.1. The molecule has 0 saturated carbocycles. The zero-order valence-corrected chi connectivity index (χ0v) is 23.5. The van der Waals surface area contributed by atoms with E-state index in [0.29, 0.717) is 22.7 Å². The molecule has 0 unspecified atom stereocenters. The lowest BCUT2D eigenvalue weighted by Crippen LogP contribution is -2.26. The van der Waals surface area contributed by atoms with Crippen LogP contribution in [-0.2, 0) is 0 Å². The van der Waals surface area contributed by atoms with Gasteiger partial charge in [0.15, 0.2) is 11.4 Å². The third kappa shape index (κ3) is 6.36. The molecule has 5 aromatic rings. The highest BCUT2D eigenvalue weighted by Gasteiger charge is 2.17. The summed E-state index contributed by atoms with van der Waals surface area (Å²) >= 11 is 0. The fraction of sp³-hybridized carbons (Fsp3) is 0.147. The first kappa shape index (κ1) is 27.4. The van der Waals surface area contributed by atoms with Crippen LogP contribution in [-0.4, -0.2) is 15.7 Å². The molecular weight excluding hydrogens is 512 g/mol. The molecule has 1 heterocycles. The predicted octanol–water partition coefficient (Wildman–Crippen LogP) is 7.18. The summed E-state index contributed by atoms with van der Waals surface area (Å²) in [7, 11) is 0. The molecule has 206 valence electrons. The molecule has 0 fully saturated rings. The lowest BCUT2D eigenvalue weighted by molar-refractivity contribution is 0.0940. The number of benzene rings is 4. The molecule has 41 heavy (non-hydrogen) atoms. The minimum Gasteiger partial charge on any atom is -0.453 e. The Balaban J connectivity index is 1.48. The second kappa shape index (κ2) is 11.9. The van der Waals surface area contributed by atoms with E-state index in [2.05, 4.69) is 15.7 Å². The summed E-state index contributed by atoms with van der Waals surface area (Å²) in [5, 5.41) is 10.6. The summed E-state index contributed by atoms with van der Waals surface area (Å²) in [5.41, 5.74) is 5.77. The van der Waals surface area contributed by atoms with Gasteiger partial charge in [-0.05, 0) is 86.8 Å². The molecule has 4 aromatic carbocycles. The Bertz CT molecular complexity index is 1750. The average molecular weight is 545 g/mol. The fourth-order valence-electron chi connectivity index (χ4n) is 4.39. The molecule has 2 N–H and O–H groups in total. The Morgan fingerprint density at radius 1 is 0.854 bits per heavy atom. The van der Waals surface area contributed by atoms with Crippen molar-refractivity contribution in [1.82, 2.24) is 15.1 Å². The monoisotopic (exact) mass is 544 g/mol. The summed E-state index contributed by atoms with van der Waals surface area (Å²) in [5.74, 6) is 0.644. The minimum absolute atomic E-state index is 0.166. The Morgan fingerprint density at radius 3 is 2.34 bits per heavy atom. The van der Waals surface area contributed by atoms with E-state index < -0.39 is 0 Å². The van der Waals surface area contributed by atoms with Crippen molar-refractivity contribution in [2.45, 2.75) is 33.7 Å². The molecule has 7 nitrogen and oxygen atoms in total.